The maximum absolute atomic E-state index is 11.5. The molecule has 1 unspecified atom stereocenters. The van der Waals surface area contributed by atoms with Crippen LogP contribution in [0.25, 0.3) is 0 Å². The molecule has 17 heavy (non-hydrogen) atoms. The van der Waals surface area contributed by atoms with Crippen molar-refractivity contribution in [3.05, 3.63) is 24.0 Å². The lowest BCUT2D eigenvalue weighted by Gasteiger charge is -2.21. The number of likely N-dealkylation sites (N-methyl/N-ethyl adjacent to an activating group) is 1. The van der Waals surface area contributed by atoms with Crippen molar-refractivity contribution in [3.63, 3.8) is 0 Å². The summed E-state index contributed by atoms with van der Waals surface area (Å²) in [4.78, 5) is 14.6. The number of H-pyrrole nitrogens is 1. The van der Waals surface area contributed by atoms with Crippen LogP contribution in [0.5, 0.6) is 0 Å². The summed E-state index contributed by atoms with van der Waals surface area (Å²) in [6.07, 6.45) is 1.46. The largest absolute Gasteiger partial charge is 0.444 e. The molecule has 1 aromatic heterocycles. The van der Waals surface area contributed by atoms with Crippen molar-refractivity contribution in [1.82, 2.24) is 15.6 Å². The summed E-state index contributed by atoms with van der Waals surface area (Å²) in [5, 5.41) is 5.86. The molecular formula is C12H21N3O2. The fourth-order valence-electron chi connectivity index (χ4n) is 1.43. The first kappa shape index (κ1) is 13.6. The Labute approximate surface area is 102 Å². The zero-order chi connectivity index (χ0) is 12.9. The van der Waals surface area contributed by atoms with Crippen LogP contribution in [0.3, 0.4) is 0 Å². The van der Waals surface area contributed by atoms with E-state index < -0.39 is 11.7 Å². The van der Waals surface area contributed by atoms with Crippen molar-refractivity contribution in [2.24, 2.45) is 0 Å². The van der Waals surface area contributed by atoms with Crippen molar-refractivity contribution in [2.45, 2.75) is 32.4 Å². The molecule has 96 valence electrons. The van der Waals surface area contributed by atoms with E-state index in [2.05, 4.69) is 15.6 Å². The molecular weight excluding hydrogens is 218 g/mol. The highest BCUT2D eigenvalue weighted by Gasteiger charge is 2.17. The van der Waals surface area contributed by atoms with Gasteiger partial charge in [-0.15, -0.1) is 0 Å². The van der Waals surface area contributed by atoms with Crippen LogP contribution in [-0.2, 0) is 4.74 Å². The van der Waals surface area contributed by atoms with Crippen molar-refractivity contribution in [3.8, 4) is 0 Å². The number of alkyl carbamates (subject to hydrolysis) is 1. The second kappa shape index (κ2) is 5.72. The van der Waals surface area contributed by atoms with Crippen LogP contribution in [0, 0.1) is 0 Å². The summed E-state index contributed by atoms with van der Waals surface area (Å²) in [6.45, 7) is 6.00. The van der Waals surface area contributed by atoms with E-state index in [9.17, 15) is 4.79 Å². The quantitative estimate of drug-likeness (QED) is 0.750. The number of aromatic nitrogens is 1. The molecule has 0 fully saturated rings. The summed E-state index contributed by atoms with van der Waals surface area (Å²) >= 11 is 0. The van der Waals surface area contributed by atoms with Gasteiger partial charge in [-0.1, -0.05) is 0 Å². The van der Waals surface area contributed by atoms with E-state index in [-0.39, 0.29) is 6.04 Å². The third kappa shape index (κ3) is 4.91. The highest BCUT2D eigenvalue weighted by atomic mass is 16.6. The zero-order valence-electron chi connectivity index (χ0n) is 10.8. The van der Waals surface area contributed by atoms with Crippen LogP contribution in [0.4, 0.5) is 4.79 Å². The number of nitrogens with one attached hydrogen (secondary N) is 3. The van der Waals surface area contributed by atoms with Gasteiger partial charge in [0.1, 0.15) is 5.60 Å². The second-order valence-corrected chi connectivity index (χ2v) is 4.85. The maximum Gasteiger partial charge on any atom is 0.407 e. The molecule has 1 amide bonds. The summed E-state index contributed by atoms with van der Waals surface area (Å²) in [5.74, 6) is 0. The average molecular weight is 239 g/mol. The zero-order valence-corrected chi connectivity index (χ0v) is 10.8. The molecule has 1 atom stereocenters. The number of carbonyl (C=O) groups excluding carboxylic acids is 1. The van der Waals surface area contributed by atoms with Gasteiger partial charge < -0.3 is 20.4 Å². The van der Waals surface area contributed by atoms with Gasteiger partial charge in [-0.3, -0.25) is 0 Å². The number of rotatable bonds is 4. The van der Waals surface area contributed by atoms with E-state index in [4.69, 9.17) is 4.74 Å². The van der Waals surface area contributed by atoms with Crippen LogP contribution in [-0.4, -0.2) is 30.3 Å². The Kier molecular flexibility index (Phi) is 4.57. The van der Waals surface area contributed by atoms with E-state index in [1.54, 1.807) is 0 Å². The molecule has 0 radical (unpaired) electrons. The van der Waals surface area contributed by atoms with Gasteiger partial charge in [-0.05, 0) is 40.0 Å². The highest BCUT2D eigenvalue weighted by Crippen LogP contribution is 2.09. The molecule has 1 rings (SSSR count). The standard InChI is InChI=1S/C12H21N3O2/c1-12(2,3)17-11(16)15-8-10(13-4)9-6-5-7-14-9/h5-7,10,13-14H,8H2,1-4H3,(H,15,16). The Morgan fingerprint density at radius 1 is 1.53 bits per heavy atom. The van der Waals surface area contributed by atoms with Gasteiger partial charge in [-0.2, -0.15) is 0 Å². The van der Waals surface area contributed by atoms with Gasteiger partial charge in [0.2, 0.25) is 0 Å². The molecule has 1 aromatic rings. The van der Waals surface area contributed by atoms with E-state index in [0.29, 0.717) is 6.54 Å². The highest BCUT2D eigenvalue weighted by molar-refractivity contribution is 5.67. The molecule has 1 heterocycles. The predicted octanol–water partition coefficient (Wildman–Crippen LogP) is 1.80. The molecule has 0 spiro atoms. The Balaban J connectivity index is 2.41. The molecule has 3 N–H and O–H groups in total. The Bertz CT molecular complexity index is 341. The fraction of sp³-hybridized carbons (Fsp3) is 0.583. The minimum Gasteiger partial charge on any atom is -0.444 e. The summed E-state index contributed by atoms with van der Waals surface area (Å²) < 4.78 is 5.16. The van der Waals surface area contributed by atoms with Gasteiger partial charge in [0.05, 0.1) is 6.04 Å². The molecule has 0 aliphatic heterocycles. The van der Waals surface area contributed by atoms with Crippen LogP contribution < -0.4 is 10.6 Å². The molecule has 0 saturated carbocycles. The summed E-state index contributed by atoms with van der Waals surface area (Å²) in [6, 6.07) is 3.95. The first-order chi connectivity index (χ1) is 7.92. The predicted molar refractivity (Wildman–Crippen MR) is 66.8 cm³/mol. The summed E-state index contributed by atoms with van der Waals surface area (Å²) in [5.41, 5.74) is 0.564. The minimum atomic E-state index is -0.467. The van der Waals surface area contributed by atoms with Crippen LogP contribution in [0.1, 0.15) is 32.5 Å². The summed E-state index contributed by atoms with van der Waals surface area (Å²) in [7, 11) is 1.85. The van der Waals surface area contributed by atoms with Gasteiger partial charge in [0, 0.05) is 18.4 Å². The Hall–Kier alpha value is -1.49. The minimum absolute atomic E-state index is 0.0533. The van der Waals surface area contributed by atoms with Gasteiger partial charge >= 0.3 is 6.09 Å². The van der Waals surface area contributed by atoms with Crippen molar-refractivity contribution in [2.75, 3.05) is 13.6 Å². The SMILES string of the molecule is CNC(CNC(=O)OC(C)(C)C)c1ccc[nH]1. The van der Waals surface area contributed by atoms with Gasteiger partial charge in [-0.25, -0.2) is 4.79 Å². The Morgan fingerprint density at radius 2 is 2.24 bits per heavy atom. The van der Waals surface area contributed by atoms with Gasteiger partial charge in [0.25, 0.3) is 0 Å². The van der Waals surface area contributed by atoms with Crippen molar-refractivity contribution >= 4 is 6.09 Å². The number of hydrogen-bond acceptors (Lipinski definition) is 3. The van der Waals surface area contributed by atoms with Crippen LogP contribution >= 0.6 is 0 Å². The number of carbonyl (C=O) groups is 1. The normalized spacial score (nSPS) is 13.2. The van der Waals surface area contributed by atoms with E-state index in [1.807, 2.05) is 46.1 Å². The molecule has 5 heteroatoms. The molecule has 0 aromatic carbocycles. The van der Waals surface area contributed by atoms with E-state index >= 15 is 0 Å². The topological polar surface area (TPSA) is 66.2 Å². The van der Waals surface area contributed by atoms with Crippen molar-refractivity contribution in [1.29, 1.82) is 0 Å². The number of ether oxygens (including phenoxy) is 1. The second-order valence-electron chi connectivity index (χ2n) is 4.85. The van der Waals surface area contributed by atoms with Crippen LogP contribution in [0.15, 0.2) is 18.3 Å². The van der Waals surface area contributed by atoms with E-state index in [1.165, 1.54) is 0 Å². The smallest absolute Gasteiger partial charge is 0.407 e. The third-order valence-corrected chi connectivity index (χ3v) is 2.20. The number of amides is 1. The molecule has 5 nitrogen and oxygen atoms in total. The lowest BCUT2D eigenvalue weighted by Crippen LogP contribution is -2.37. The fourth-order valence-corrected chi connectivity index (χ4v) is 1.43. The first-order valence-corrected chi connectivity index (χ1v) is 5.70. The first-order valence-electron chi connectivity index (χ1n) is 5.70. The number of aromatic amines is 1. The molecule has 0 bridgehead atoms. The van der Waals surface area contributed by atoms with Crippen LogP contribution in [0.2, 0.25) is 0 Å². The lowest BCUT2D eigenvalue weighted by atomic mass is 10.2. The molecule has 0 aliphatic rings. The Morgan fingerprint density at radius 3 is 2.71 bits per heavy atom. The molecule has 0 aliphatic carbocycles. The average Bonchev–Trinajstić information content (AvgIpc) is 2.69. The lowest BCUT2D eigenvalue weighted by molar-refractivity contribution is 0.0523. The maximum atomic E-state index is 11.5. The third-order valence-electron chi connectivity index (χ3n) is 2.20. The van der Waals surface area contributed by atoms with Gasteiger partial charge in [0.15, 0.2) is 0 Å². The van der Waals surface area contributed by atoms with Crippen molar-refractivity contribution < 1.29 is 9.53 Å². The number of hydrogen-bond donors (Lipinski definition) is 3. The molecule has 0 saturated heterocycles. The monoisotopic (exact) mass is 239 g/mol. The van der Waals surface area contributed by atoms with E-state index in [0.717, 1.165) is 5.69 Å².